The molecular formula is C11H13BrN3O5P. The highest BCUT2D eigenvalue weighted by Crippen LogP contribution is 2.44. The van der Waals surface area contributed by atoms with Crippen LogP contribution in [-0.2, 0) is 4.57 Å². The van der Waals surface area contributed by atoms with Crippen molar-refractivity contribution in [1.82, 2.24) is 9.97 Å². The van der Waals surface area contributed by atoms with Gasteiger partial charge in [-0.15, -0.1) is 0 Å². The number of aromatic amines is 2. The molecule has 8 nitrogen and oxygen atoms in total. The summed E-state index contributed by atoms with van der Waals surface area (Å²) in [6, 6.07) is 3.19. The van der Waals surface area contributed by atoms with E-state index < -0.39 is 24.5 Å². The third-order valence-electron chi connectivity index (χ3n) is 3.20. The number of hydrogen-bond acceptors (Lipinski definition) is 4. The molecule has 0 radical (unpaired) electrons. The molecule has 0 aliphatic rings. The van der Waals surface area contributed by atoms with Crippen molar-refractivity contribution < 1.29 is 14.4 Å². The number of nitrogens with one attached hydrogen (secondary N) is 2. The number of hydrogen-bond donors (Lipinski definition) is 4. The summed E-state index contributed by atoms with van der Waals surface area (Å²) in [5, 5.41) is 0. The molecule has 2 aromatic rings. The first kappa shape index (κ1) is 16.0. The molecule has 114 valence electrons. The predicted molar refractivity (Wildman–Crippen MR) is 82.8 cm³/mol. The van der Waals surface area contributed by atoms with Crippen molar-refractivity contribution in [3.05, 3.63) is 37.3 Å². The van der Waals surface area contributed by atoms with Crippen molar-refractivity contribution in [1.29, 1.82) is 0 Å². The second-order valence-electron chi connectivity index (χ2n) is 4.59. The maximum atomic E-state index is 11.5. The highest BCUT2D eigenvalue weighted by atomic mass is 79.9. The Bertz CT molecular complexity index is 855. The summed E-state index contributed by atoms with van der Waals surface area (Å²) >= 11 is 3.26. The van der Waals surface area contributed by atoms with Gasteiger partial charge in [0.05, 0.1) is 16.7 Å². The molecule has 4 N–H and O–H groups in total. The molecule has 2 rings (SSSR count). The van der Waals surface area contributed by atoms with Crippen LogP contribution < -0.4 is 16.0 Å². The van der Waals surface area contributed by atoms with Crippen LogP contribution in [-0.4, -0.2) is 32.6 Å². The average Bonchev–Trinajstić information content (AvgIpc) is 2.37. The molecule has 1 aromatic carbocycles. The molecule has 1 atom stereocenters. The maximum absolute atomic E-state index is 11.5. The van der Waals surface area contributed by atoms with E-state index in [0.29, 0.717) is 21.2 Å². The summed E-state index contributed by atoms with van der Waals surface area (Å²) < 4.78 is 12.0. The van der Waals surface area contributed by atoms with Crippen molar-refractivity contribution in [2.75, 3.05) is 11.9 Å². The van der Waals surface area contributed by atoms with Crippen molar-refractivity contribution in [3.8, 4) is 0 Å². The van der Waals surface area contributed by atoms with Gasteiger partial charge in [-0.2, -0.15) is 0 Å². The van der Waals surface area contributed by atoms with Crippen molar-refractivity contribution >= 4 is 40.2 Å². The van der Waals surface area contributed by atoms with Crippen LogP contribution in [0.1, 0.15) is 6.92 Å². The van der Waals surface area contributed by atoms with E-state index in [1.54, 1.807) is 12.1 Å². The Kier molecular flexibility index (Phi) is 4.12. The molecule has 10 heteroatoms. The van der Waals surface area contributed by atoms with Crippen LogP contribution in [0.4, 0.5) is 5.69 Å². The molecule has 0 aliphatic carbocycles. The van der Waals surface area contributed by atoms with Gasteiger partial charge in [0.15, 0.2) is 0 Å². The molecule has 21 heavy (non-hydrogen) atoms. The zero-order valence-corrected chi connectivity index (χ0v) is 13.6. The minimum atomic E-state index is -4.35. The van der Waals surface area contributed by atoms with Crippen LogP contribution in [0.5, 0.6) is 0 Å². The Morgan fingerprint density at radius 1 is 1.24 bits per heavy atom. The minimum absolute atomic E-state index is 0.297. The molecular weight excluding hydrogens is 365 g/mol. The highest BCUT2D eigenvalue weighted by Gasteiger charge is 2.29. The predicted octanol–water partition coefficient (Wildman–Crippen LogP) is 0.939. The molecule has 1 heterocycles. The van der Waals surface area contributed by atoms with E-state index >= 15 is 0 Å². The third kappa shape index (κ3) is 3.11. The van der Waals surface area contributed by atoms with Gasteiger partial charge in [-0.1, -0.05) is 15.9 Å². The molecule has 0 spiro atoms. The first-order chi connectivity index (χ1) is 9.61. The number of H-pyrrole nitrogens is 2. The Morgan fingerprint density at radius 2 is 1.81 bits per heavy atom. The summed E-state index contributed by atoms with van der Waals surface area (Å²) in [6.45, 7) is 1.37. The quantitative estimate of drug-likeness (QED) is 0.465. The first-order valence-electron chi connectivity index (χ1n) is 5.85. The maximum Gasteiger partial charge on any atom is 0.347 e. The average molecular weight is 378 g/mol. The monoisotopic (exact) mass is 377 g/mol. The third-order valence-corrected chi connectivity index (χ3v) is 4.98. The Morgan fingerprint density at radius 3 is 2.38 bits per heavy atom. The Balaban J connectivity index is 2.74. The van der Waals surface area contributed by atoms with Crippen LogP contribution in [0.15, 0.2) is 26.2 Å². The number of nitrogens with zero attached hydrogens (tertiary/aromatic N) is 1. The lowest BCUT2D eigenvalue weighted by molar-refractivity contribution is 0.360. The zero-order valence-electron chi connectivity index (χ0n) is 11.1. The van der Waals surface area contributed by atoms with Crippen molar-refractivity contribution in [3.63, 3.8) is 0 Å². The van der Waals surface area contributed by atoms with E-state index in [0.717, 1.165) is 0 Å². The fraction of sp³-hybridized carbons (Fsp3) is 0.273. The van der Waals surface area contributed by atoms with Crippen LogP contribution in [0.3, 0.4) is 0 Å². The van der Waals surface area contributed by atoms with Crippen LogP contribution in [0.25, 0.3) is 11.0 Å². The lowest BCUT2D eigenvalue weighted by Crippen LogP contribution is -2.32. The second-order valence-corrected chi connectivity index (χ2v) is 7.43. The lowest BCUT2D eigenvalue weighted by atomic mass is 10.2. The molecule has 0 saturated carbocycles. The molecule has 0 aliphatic heterocycles. The summed E-state index contributed by atoms with van der Waals surface area (Å²) in [6.07, 6.45) is 0. The van der Waals surface area contributed by atoms with Gasteiger partial charge in [0.25, 0.3) is 0 Å². The van der Waals surface area contributed by atoms with E-state index in [4.69, 9.17) is 0 Å². The number of benzene rings is 1. The van der Waals surface area contributed by atoms with Gasteiger partial charge in [0.2, 0.25) is 0 Å². The standard InChI is InChI=1S/C11H13BrN3O5P/c1-5(21(18,19)20)15(2)8-4-6(12)3-7-9(8)14-11(17)10(16)13-7/h3-5H,1-2H3,(H,13,16)(H,14,17)(H2,18,19,20). The highest BCUT2D eigenvalue weighted by molar-refractivity contribution is 9.10. The Hall–Kier alpha value is -1.41. The second kappa shape index (κ2) is 5.42. The van der Waals surface area contributed by atoms with Gasteiger partial charge in [0.1, 0.15) is 5.78 Å². The summed E-state index contributed by atoms with van der Waals surface area (Å²) in [5.74, 6) is -1.09. The first-order valence-corrected chi connectivity index (χ1v) is 8.32. The molecule has 0 amide bonds. The molecule has 1 unspecified atom stereocenters. The van der Waals surface area contributed by atoms with E-state index in [2.05, 4.69) is 25.9 Å². The SMILES string of the molecule is CC(N(C)c1cc(Br)cc2[nH]c(=O)c(=O)[nH]c12)P(=O)(O)O. The number of rotatable bonds is 3. The van der Waals surface area contributed by atoms with Crippen LogP contribution in [0.2, 0.25) is 0 Å². The number of halogens is 1. The number of fused-ring (bicyclic) bond motifs is 1. The molecule has 0 fully saturated rings. The summed E-state index contributed by atoms with van der Waals surface area (Å²) in [7, 11) is -2.85. The van der Waals surface area contributed by atoms with Gasteiger partial charge in [-0.25, -0.2) is 0 Å². The Labute approximate surface area is 127 Å². The topological polar surface area (TPSA) is 126 Å². The fourth-order valence-electron chi connectivity index (χ4n) is 1.88. The summed E-state index contributed by atoms with van der Waals surface area (Å²) in [5.41, 5.74) is -0.594. The number of anilines is 1. The van der Waals surface area contributed by atoms with E-state index in [9.17, 15) is 23.9 Å². The van der Waals surface area contributed by atoms with Crippen LogP contribution >= 0.6 is 23.5 Å². The number of aromatic nitrogens is 2. The molecule has 0 saturated heterocycles. The van der Waals surface area contributed by atoms with E-state index in [1.165, 1.54) is 18.9 Å². The normalized spacial score (nSPS) is 13.4. The molecule has 0 bridgehead atoms. The van der Waals surface area contributed by atoms with Gasteiger partial charge in [-0.05, 0) is 19.1 Å². The van der Waals surface area contributed by atoms with Crippen molar-refractivity contribution in [2.45, 2.75) is 12.7 Å². The fourth-order valence-corrected chi connectivity index (χ4v) is 2.90. The van der Waals surface area contributed by atoms with Gasteiger partial charge < -0.3 is 24.7 Å². The van der Waals surface area contributed by atoms with Gasteiger partial charge in [-0.3, -0.25) is 14.2 Å². The van der Waals surface area contributed by atoms with Crippen LogP contribution in [0, 0.1) is 0 Å². The largest absolute Gasteiger partial charge is 0.359 e. The lowest BCUT2D eigenvalue weighted by Gasteiger charge is -2.28. The summed E-state index contributed by atoms with van der Waals surface area (Å²) in [4.78, 5) is 47.6. The van der Waals surface area contributed by atoms with E-state index in [-0.39, 0.29) is 0 Å². The van der Waals surface area contributed by atoms with Gasteiger partial charge >= 0.3 is 18.7 Å². The minimum Gasteiger partial charge on any atom is -0.359 e. The zero-order chi connectivity index (χ0) is 15.9. The van der Waals surface area contributed by atoms with Crippen molar-refractivity contribution in [2.24, 2.45) is 0 Å². The molecule has 1 aromatic heterocycles. The van der Waals surface area contributed by atoms with Gasteiger partial charge in [0, 0.05) is 11.5 Å². The van der Waals surface area contributed by atoms with E-state index in [1.807, 2.05) is 0 Å². The smallest absolute Gasteiger partial charge is 0.347 e.